The minimum absolute atomic E-state index is 0.113. The quantitative estimate of drug-likeness (QED) is 0.487. The maximum Gasteiger partial charge on any atom is 0.261 e. The van der Waals surface area contributed by atoms with E-state index in [0.29, 0.717) is 12.5 Å². The highest BCUT2D eigenvalue weighted by atomic mass is 35.7. The van der Waals surface area contributed by atoms with Crippen molar-refractivity contribution in [2.45, 2.75) is 23.1 Å². The molecular weight excluding hydrogens is 329 g/mol. The van der Waals surface area contributed by atoms with E-state index in [1.54, 1.807) is 19.1 Å². The van der Waals surface area contributed by atoms with Gasteiger partial charge in [-0.2, -0.15) is 0 Å². The van der Waals surface area contributed by atoms with E-state index >= 15 is 0 Å². The highest BCUT2D eigenvalue weighted by Crippen LogP contribution is 2.21. The van der Waals surface area contributed by atoms with Crippen LogP contribution in [-0.4, -0.2) is 23.4 Å². The zero-order chi connectivity index (χ0) is 15.4. The first-order chi connectivity index (χ1) is 9.18. The van der Waals surface area contributed by atoms with E-state index in [1.807, 2.05) is 0 Å². The van der Waals surface area contributed by atoms with Crippen molar-refractivity contribution in [3.05, 3.63) is 36.2 Å². The molecule has 112 valence electrons. The second-order valence-electron chi connectivity index (χ2n) is 3.79. The van der Waals surface area contributed by atoms with E-state index in [4.69, 9.17) is 10.7 Å². The zero-order valence-electron chi connectivity index (χ0n) is 10.5. The first-order valence-electron chi connectivity index (χ1n) is 5.53. The Morgan fingerprint density at radius 2 is 1.95 bits per heavy atom. The van der Waals surface area contributed by atoms with Crippen molar-refractivity contribution in [2.24, 2.45) is 0 Å². The van der Waals surface area contributed by atoms with Gasteiger partial charge in [0, 0.05) is 17.2 Å². The monoisotopic (exact) mass is 341 g/mol. The van der Waals surface area contributed by atoms with Crippen molar-refractivity contribution < 1.29 is 21.2 Å². The minimum atomic E-state index is -4.10. The molecule has 0 unspecified atom stereocenters. The van der Waals surface area contributed by atoms with Gasteiger partial charge in [0.15, 0.2) is 0 Å². The van der Waals surface area contributed by atoms with Gasteiger partial charge >= 0.3 is 0 Å². The summed E-state index contributed by atoms with van der Waals surface area (Å²) in [6, 6.07) is 2.37. The maximum absolute atomic E-state index is 13.7. The summed E-state index contributed by atoms with van der Waals surface area (Å²) in [5, 5.41) is 0. The summed E-state index contributed by atoms with van der Waals surface area (Å²) in [4.78, 5) is -1.12. The highest BCUT2D eigenvalue weighted by molar-refractivity contribution is 8.13. The Morgan fingerprint density at radius 3 is 2.45 bits per heavy atom. The van der Waals surface area contributed by atoms with Crippen LogP contribution in [0.2, 0.25) is 0 Å². The molecule has 0 saturated heterocycles. The van der Waals surface area contributed by atoms with Gasteiger partial charge in [0.1, 0.15) is 10.7 Å². The van der Waals surface area contributed by atoms with Crippen LogP contribution < -0.4 is 4.72 Å². The Bertz CT molecular complexity index is 714. The van der Waals surface area contributed by atoms with Crippen molar-refractivity contribution >= 4 is 29.8 Å². The fourth-order valence-corrected chi connectivity index (χ4v) is 3.24. The van der Waals surface area contributed by atoms with Gasteiger partial charge < -0.3 is 0 Å². The second-order valence-corrected chi connectivity index (χ2v) is 8.09. The molecule has 0 saturated carbocycles. The number of hydrogen-bond acceptors (Lipinski definition) is 4. The number of sulfonamides is 1. The van der Waals surface area contributed by atoms with E-state index in [0.717, 1.165) is 12.1 Å². The van der Waals surface area contributed by atoms with Crippen molar-refractivity contribution in [3.63, 3.8) is 0 Å². The van der Waals surface area contributed by atoms with Crippen LogP contribution in [0.4, 0.5) is 4.39 Å². The summed E-state index contributed by atoms with van der Waals surface area (Å²) in [5.74, 6) is -1.18. The molecule has 0 aliphatic rings. The van der Waals surface area contributed by atoms with E-state index in [9.17, 15) is 21.2 Å². The second kappa shape index (κ2) is 6.66. The molecule has 1 aromatic rings. The average Bonchev–Trinajstić information content (AvgIpc) is 2.33. The number of allylic oxidation sites excluding steroid dienone is 1. The molecule has 20 heavy (non-hydrogen) atoms. The molecule has 0 aliphatic carbocycles. The topological polar surface area (TPSA) is 80.3 Å². The number of rotatable bonds is 6. The molecule has 0 heterocycles. The fraction of sp³-hybridized carbons (Fsp3) is 0.273. The number of halogens is 2. The normalized spacial score (nSPS) is 12.9. The average molecular weight is 342 g/mol. The summed E-state index contributed by atoms with van der Waals surface area (Å²) in [6.07, 6.45) is 3.97. The molecule has 5 nitrogen and oxygen atoms in total. The Hall–Kier alpha value is -0.960. The summed E-state index contributed by atoms with van der Waals surface area (Å²) in [7, 11) is -3.09. The van der Waals surface area contributed by atoms with Crippen molar-refractivity contribution in [1.82, 2.24) is 4.72 Å². The standard InChI is InChI=1S/C11H13ClFNO4S2/c1-2-3-4-7-14-20(17,18)11-6-5-9(8-10(11)13)19(12,15)16/h2-3,5-6,8,14H,4,7H2,1H3/b3-2+. The van der Waals surface area contributed by atoms with Gasteiger partial charge in [-0.15, -0.1) is 0 Å². The van der Waals surface area contributed by atoms with Crippen LogP contribution in [0.15, 0.2) is 40.1 Å². The summed E-state index contributed by atoms with van der Waals surface area (Å²) >= 11 is 0. The summed E-state index contributed by atoms with van der Waals surface area (Å²) < 4.78 is 61.6. The molecule has 0 radical (unpaired) electrons. The lowest BCUT2D eigenvalue weighted by molar-refractivity contribution is 0.554. The predicted molar refractivity (Wildman–Crippen MR) is 74.1 cm³/mol. The molecule has 0 fully saturated rings. The zero-order valence-corrected chi connectivity index (χ0v) is 12.9. The van der Waals surface area contributed by atoms with Gasteiger partial charge in [0.2, 0.25) is 10.0 Å². The Balaban J connectivity index is 3.02. The first kappa shape index (κ1) is 17.1. The lowest BCUT2D eigenvalue weighted by atomic mass is 10.3. The van der Waals surface area contributed by atoms with Gasteiger partial charge in [-0.1, -0.05) is 12.2 Å². The van der Waals surface area contributed by atoms with Crippen molar-refractivity contribution in [2.75, 3.05) is 6.54 Å². The van der Waals surface area contributed by atoms with Crippen LogP contribution in [0.3, 0.4) is 0 Å². The molecule has 0 amide bonds. The summed E-state index contributed by atoms with van der Waals surface area (Å²) in [5.41, 5.74) is 0. The predicted octanol–water partition coefficient (Wildman–Crippen LogP) is 2.00. The van der Waals surface area contributed by atoms with E-state index in [2.05, 4.69) is 4.72 Å². The smallest absolute Gasteiger partial charge is 0.211 e. The molecule has 9 heteroatoms. The first-order valence-corrected chi connectivity index (χ1v) is 9.33. The van der Waals surface area contributed by atoms with Crippen LogP contribution in [-0.2, 0) is 19.1 Å². The molecule has 1 N–H and O–H groups in total. The molecular formula is C11H13ClFNO4S2. The Morgan fingerprint density at radius 1 is 1.30 bits per heavy atom. The molecule has 0 bridgehead atoms. The molecule has 0 aliphatic heterocycles. The van der Waals surface area contributed by atoms with Crippen LogP contribution in [0.1, 0.15) is 13.3 Å². The fourth-order valence-electron chi connectivity index (χ4n) is 1.37. The van der Waals surface area contributed by atoms with Gasteiger partial charge in [0.25, 0.3) is 9.05 Å². The minimum Gasteiger partial charge on any atom is -0.211 e. The maximum atomic E-state index is 13.7. The van der Waals surface area contributed by atoms with E-state index in [1.165, 1.54) is 0 Å². The SMILES string of the molecule is C/C=C/CCNS(=O)(=O)c1ccc(S(=O)(=O)Cl)cc1F. The molecule has 1 aromatic carbocycles. The van der Waals surface area contributed by atoms with Crippen molar-refractivity contribution in [3.8, 4) is 0 Å². The van der Waals surface area contributed by atoms with Crippen LogP contribution in [0.5, 0.6) is 0 Å². The highest BCUT2D eigenvalue weighted by Gasteiger charge is 2.21. The third-order valence-corrected chi connectivity index (χ3v) is 5.16. The number of nitrogens with one attached hydrogen (secondary N) is 1. The molecule has 0 spiro atoms. The van der Waals surface area contributed by atoms with Crippen LogP contribution >= 0.6 is 10.7 Å². The van der Waals surface area contributed by atoms with Crippen molar-refractivity contribution in [1.29, 1.82) is 0 Å². The summed E-state index contributed by atoms with van der Waals surface area (Å²) in [6.45, 7) is 1.90. The van der Waals surface area contributed by atoms with Crippen LogP contribution in [0.25, 0.3) is 0 Å². The molecule has 0 atom stereocenters. The number of benzene rings is 1. The van der Waals surface area contributed by atoms with E-state index in [-0.39, 0.29) is 6.54 Å². The van der Waals surface area contributed by atoms with Gasteiger partial charge in [0.05, 0.1) is 4.90 Å². The van der Waals surface area contributed by atoms with E-state index < -0.39 is 34.7 Å². The van der Waals surface area contributed by atoms with Gasteiger partial charge in [-0.25, -0.2) is 25.9 Å². The molecule has 0 aromatic heterocycles. The lowest BCUT2D eigenvalue weighted by Gasteiger charge is -2.07. The third kappa shape index (κ3) is 4.55. The van der Waals surface area contributed by atoms with Crippen LogP contribution in [0, 0.1) is 5.82 Å². The number of hydrogen-bond donors (Lipinski definition) is 1. The largest absolute Gasteiger partial charge is 0.261 e. The Labute approximate surface area is 121 Å². The van der Waals surface area contributed by atoms with Gasteiger partial charge in [-0.3, -0.25) is 0 Å². The third-order valence-electron chi connectivity index (χ3n) is 2.31. The van der Waals surface area contributed by atoms with Gasteiger partial charge in [-0.05, 0) is 31.5 Å². The Kier molecular flexibility index (Phi) is 5.69. The lowest BCUT2D eigenvalue weighted by Crippen LogP contribution is -2.25. The molecule has 1 rings (SSSR count).